The largest absolute Gasteiger partial charge is 0.337 e. The highest BCUT2D eigenvalue weighted by Crippen LogP contribution is 2.10. The number of nitrogens with zero attached hydrogens (tertiary/aromatic N) is 1. The highest BCUT2D eigenvalue weighted by molar-refractivity contribution is 5.93. The number of carbonyl (C=O) groups excluding carboxylic acids is 1. The summed E-state index contributed by atoms with van der Waals surface area (Å²) in [5.41, 5.74) is 8.11. The molecule has 20 heavy (non-hydrogen) atoms. The highest BCUT2D eigenvalue weighted by atomic mass is 19.1. The van der Waals surface area contributed by atoms with E-state index in [1.807, 2.05) is 24.3 Å². The van der Waals surface area contributed by atoms with Crippen LogP contribution >= 0.6 is 0 Å². The van der Waals surface area contributed by atoms with Crippen molar-refractivity contribution in [2.45, 2.75) is 13.1 Å². The van der Waals surface area contributed by atoms with E-state index in [4.69, 9.17) is 5.73 Å². The number of benzene rings is 2. The van der Waals surface area contributed by atoms with Gasteiger partial charge < -0.3 is 10.6 Å². The van der Waals surface area contributed by atoms with Gasteiger partial charge in [0.05, 0.1) is 0 Å². The van der Waals surface area contributed by atoms with Crippen LogP contribution in [0.5, 0.6) is 0 Å². The molecular formula is C16H17FN2O. The summed E-state index contributed by atoms with van der Waals surface area (Å²) >= 11 is 0. The Balaban J connectivity index is 2.04. The van der Waals surface area contributed by atoms with E-state index in [9.17, 15) is 9.18 Å². The lowest BCUT2D eigenvalue weighted by molar-refractivity contribution is 0.0785. The molecule has 104 valence electrons. The summed E-state index contributed by atoms with van der Waals surface area (Å²) < 4.78 is 12.8. The number of nitrogens with two attached hydrogens (primary N) is 1. The SMILES string of the molecule is CN(Cc1ccc(CN)cc1)C(=O)c1ccc(F)cc1. The molecule has 0 aliphatic heterocycles. The molecule has 2 aromatic rings. The molecule has 0 fully saturated rings. The van der Waals surface area contributed by atoms with E-state index in [2.05, 4.69) is 0 Å². The quantitative estimate of drug-likeness (QED) is 0.929. The number of amides is 1. The Hall–Kier alpha value is -2.20. The van der Waals surface area contributed by atoms with E-state index in [0.717, 1.165) is 11.1 Å². The molecule has 0 aliphatic carbocycles. The topological polar surface area (TPSA) is 46.3 Å². The Labute approximate surface area is 117 Å². The molecule has 0 aromatic heterocycles. The monoisotopic (exact) mass is 272 g/mol. The summed E-state index contributed by atoms with van der Waals surface area (Å²) in [5, 5.41) is 0. The van der Waals surface area contributed by atoms with Gasteiger partial charge in [0, 0.05) is 25.7 Å². The molecule has 0 saturated carbocycles. The number of hydrogen-bond acceptors (Lipinski definition) is 2. The first kappa shape index (κ1) is 14.2. The molecule has 2 rings (SSSR count). The number of hydrogen-bond donors (Lipinski definition) is 1. The summed E-state index contributed by atoms with van der Waals surface area (Å²) in [7, 11) is 1.72. The first-order valence-electron chi connectivity index (χ1n) is 6.39. The van der Waals surface area contributed by atoms with Gasteiger partial charge in [-0.1, -0.05) is 24.3 Å². The first-order chi connectivity index (χ1) is 9.60. The molecule has 4 heteroatoms. The molecule has 0 atom stereocenters. The summed E-state index contributed by atoms with van der Waals surface area (Å²) in [4.78, 5) is 13.8. The van der Waals surface area contributed by atoms with Crippen LogP contribution in [0.2, 0.25) is 0 Å². The minimum absolute atomic E-state index is 0.132. The third-order valence-corrected chi connectivity index (χ3v) is 3.12. The van der Waals surface area contributed by atoms with E-state index in [-0.39, 0.29) is 11.7 Å². The van der Waals surface area contributed by atoms with E-state index in [1.54, 1.807) is 11.9 Å². The Morgan fingerprint density at radius 2 is 1.60 bits per heavy atom. The Morgan fingerprint density at radius 3 is 2.15 bits per heavy atom. The van der Waals surface area contributed by atoms with Crippen molar-refractivity contribution in [1.82, 2.24) is 4.90 Å². The maximum absolute atomic E-state index is 12.8. The third kappa shape index (κ3) is 3.42. The standard InChI is InChI=1S/C16H17FN2O/c1-19(11-13-4-2-12(10-18)3-5-13)16(20)14-6-8-15(17)9-7-14/h2-9H,10-11,18H2,1H3. The van der Waals surface area contributed by atoms with Gasteiger partial charge in [-0.25, -0.2) is 4.39 Å². The second kappa shape index (κ2) is 6.30. The Kier molecular flexibility index (Phi) is 4.48. The van der Waals surface area contributed by atoms with Crippen molar-refractivity contribution in [1.29, 1.82) is 0 Å². The first-order valence-corrected chi connectivity index (χ1v) is 6.39. The maximum Gasteiger partial charge on any atom is 0.253 e. The van der Waals surface area contributed by atoms with Crippen molar-refractivity contribution in [3.63, 3.8) is 0 Å². The van der Waals surface area contributed by atoms with Crippen molar-refractivity contribution in [2.24, 2.45) is 5.73 Å². The van der Waals surface area contributed by atoms with Crippen molar-refractivity contribution < 1.29 is 9.18 Å². The molecule has 2 N–H and O–H groups in total. The molecule has 0 aliphatic rings. The number of halogens is 1. The van der Waals surface area contributed by atoms with Crippen LogP contribution in [0.15, 0.2) is 48.5 Å². The van der Waals surface area contributed by atoms with Crippen LogP contribution in [0.3, 0.4) is 0 Å². The predicted molar refractivity (Wildman–Crippen MR) is 76.5 cm³/mol. The average Bonchev–Trinajstić information content (AvgIpc) is 2.48. The maximum atomic E-state index is 12.8. The van der Waals surface area contributed by atoms with E-state index < -0.39 is 0 Å². The molecule has 0 saturated heterocycles. The Morgan fingerprint density at radius 1 is 1.05 bits per heavy atom. The zero-order valence-electron chi connectivity index (χ0n) is 11.3. The number of rotatable bonds is 4. The highest BCUT2D eigenvalue weighted by Gasteiger charge is 2.11. The normalized spacial score (nSPS) is 10.3. The minimum atomic E-state index is -0.346. The fraction of sp³-hybridized carbons (Fsp3) is 0.188. The summed E-state index contributed by atoms with van der Waals surface area (Å²) in [6.45, 7) is 1.01. The molecule has 2 aromatic carbocycles. The molecule has 0 unspecified atom stereocenters. The van der Waals surface area contributed by atoms with Gasteiger partial charge in [0.25, 0.3) is 5.91 Å². The van der Waals surface area contributed by atoms with Crippen molar-refractivity contribution in [2.75, 3.05) is 7.05 Å². The molecular weight excluding hydrogens is 255 g/mol. The Bertz CT molecular complexity index is 578. The van der Waals surface area contributed by atoms with Gasteiger partial charge in [0.15, 0.2) is 0 Å². The van der Waals surface area contributed by atoms with Gasteiger partial charge in [-0.05, 0) is 35.4 Å². The second-order valence-corrected chi connectivity index (χ2v) is 4.69. The van der Waals surface area contributed by atoms with Crippen LogP contribution in [0.1, 0.15) is 21.5 Å². The van der Waals surface area contributed by atoms with Crippen LogP contribution in [0.25, 0.3) is 0 Å². The average molecular weight is 272 g/mol. The van der Waals surface area contributed by atoms with Gasteiger partial charge in [0.1, 0.15) is 5.82 Å². The van der Waals surface area contributed by atoms with Crippen LogP contribution in [0, 0.1) is 5.82 Å². The van der Waals surface area contributed by atoms with E-state index in [1.165, 1.54) is 24.3 Å². The lowest BCUT2D eigenvalue weighted by Crippen LogP contribution is -2.26. The molecule has 1 amide bonds. The summed E-state index contributed by atoms with van der Waals surface area (Å²) in [5.74, 6) is -0.477. The van der Waals surface area contributed by atoms with Crippen molar-refractivity contribution in [3.8, 4) is 0 Å². The lowest BCUT2D eigenvalue weighted by atomic mass is 10.1. The van der Waals surface area contributed by atoms with E-state index in [0.29, 0.717) is 18.7 Å². The summed E-state index contributed by atoms with van der Waals surface area (Å²) in [6, 6.07) is 13.4. The molecule has 0 radical (unpaired) electrons. The van der Waals surface area contributed by atoms with Crippen LogP contribution in [0.4, 0.5) is 4.39 Å². The lowest BCUT2D eigenvalue weighted by Gasteiger charge is -2.17. The molecule has 3 nitrogen and oxygen atoms in total. The predicted octanol–water partition coefficient (Wildman–Crippen LogP) is 2.56. The van der Waals surface area contributed by atoms with E-state index >= 15 is 0 Å². The van der Waals surface area contributed by atoms with Crippen LogP contribution in [-0.4, -0.2) is 17.9 Å². The fourth-order valence-corrected chi connectivity index (χ4v) is 1.94. The zero-order valence-corrected chi connectivity index (χ0v) is 11.3. The van der Waals surface area contributed by atoms with Crippen LogP contribution in [-0.2, 0) is 13.1 Å². The molecule has 0 spiro atoms. The van der Waals surface area contributed by atoms with Gasteiger partial charge in [-0.15, -0.1) is 0 Å². The second-order valence-electron chi connectivity index (χ2n) is 4.69. The number of carbonyl (C=O) groups is 1. The van der Waals surface area contributed by atoms with Crippen molar-refractivity contribution >= 4 is 5.91 Å². The van der Waals surface area contributed by atoms with Crippen molar-refractivity contribution in [3.05, 3.63) is 71.0 Å². The zero-order chi connectivity index (χ0) is 14.5. The van der Waals surface area contributed by atoms with Gasteiger partial charge >= 0.3 is 0 Å². The van der Waals surface area contributed by atoms with Gasteiger partial charge in [0.2, 0.25) is 0 Å². The molecule has 0 bridgehead atoms. The third-order valence-electron chi connectivity index (χ3n) is 3.12. The molecule has 0 heterocycles. The summed E-state index contributed by atoms with van der Waals surface area (Å²) in [6.07, 6.45) is 0. The van der Waals surface area contributed by atoms with Gasteiger partial charge in [-0.2, -0.15) is 0 Å². The minimum Gasteiger partial charge on any atom is -0.337 e. The van der Waals surface area contributed by atoms with Crippen LogP contribution < -0.4 is 5.73 Å². The fourth-order valence-electron chi connectivity index (χ4n) is 1.94. The van der Waals surface area contributed by atoms with Gasteiger partial charge in [-0.3, -0.25) is 4.79 Å². The smallest absolute Gasteiger partial charge is 0.253 e.